The Hall–Kier alpha value is -2.31. The van der Waals surface area contributed by atoms with Crippen molar-refractivity contribution in [3.8, 4) is 0 Å². The molecule has 26 heavy (non-hydrogen) atoms. The molecule has 10 heteroatoms. The number of halogens is 5. The summed E-state index contributed by atoms with van der Waals surface area (Å²) in [4.78, 5) is 11.0. The molecule has 0 fully saturated rings. The van der Waals surface area contributed by atoms with E-state index in [4.69, 9.17) is 0 Å². The molecule has 0 aliphatic carbocycles. The first-order chi connectivity index (χ1) is 11.7. The number of rotatable bonds is 3. The van der Waals surface area contributed by atoms with Crippen molar-refractivity contribution in [2.24, 2.45) is 0 Å². The molecule has 0 atom stereocenters. The fraction of sp³-hybridized carbons (Fsp3) is 0.125. The summed E-state index contributed by atoms with van der Waals surface area (Å²) in [7, 11) is 0. The number of alkyl halides is 3. The molecular formula is C16H9F5N3OPd-. The molecule has 0 unspecified atom stereocenters. The van der Waals surface area contributed by atoms with Gasteiger partial charge in [-0.1, -0.05) is 12.1 Å². The van der Waals surface area contributed by atoms with Crippen molar-refractivity contribution in [3.05, 3.63) is 59.2 Å². The van der Waals surface area contributed by atoms with Crippen molar-refractivity contribution in [2.75, 3.05) is 5.32 Å². The van der Waals surface area contributed by atoms with Crippen LogP contribution in [0.15, 0.2) is 36.4 Å². The van der Waals surface area contributed by atoms with E-state index in [0.29, 0.717) is 11.1 Å². The van der Waals surface area contributed by atoms with Crippen molar-refractivity contribution in [3.63, 3.8) is 0 Å². The van der Waals surface area contributed by atoms with Gasteiger partial charge in [-0.2, -0.15) is 13.2 Å². The van der Waals surface area contributed by atoms with E-state index in [-0.39, 0.29) is 43.6 Å². The minimum absolute atomic E-state index is 0. The van der Waals surface area contributed by atoms with Gasteiger partial charge in [0.15, 0.2) is 0 Å². The largest absolute Gasteiger partial charge is 0.573 e. The van der Waals surface area contributed by atoms with Gasteiger partial charge >= 0.3 is 12.1 Å². The van der Waals surface area contributed by atoms with Crippen LogP contribution in [0.25, 0.3) is 10.9 Å². The van der Waals surface area contributed by atoms with E-state index in [1.54, 1.807) is 11.4 Å². The maximum absolute atomic E-state index is 13.2. The molecule has 4 nitrogen and oxygen atoms in total. The Morgan fingerprint density at radius 2 is 1.69 bits per heavy atom. The van der Waals surface area contributed by atoms with E-state index < -0.39 is 23.7 Å². The number of aromatic nitrogens is 2. The molecule has 1 heterocycles. The Kier molecular flexibility index (Phi) is 5.78. The van der Waals surface area contributed by atoms with E-state index in [1.807, 2.05) is 0 Å². The molecule has 0 saturated carbocycles. The monoisotopic (exact) mass is 460 g/mol. The third kappa shape index (κ3) is 4.45. The zero-order chi connectivity index (χ0) is 18.2. The molecule has 0 bridgehead atoms. The van der Waals surface area contributed by atoms with Crippen molar-refractivity contribution in [1.82, 2.24) is 10.2 Å². The van der Waals surface area contributed by atoms with Gasteiger partial charge in [0.1, 0.15) is 17.5 Å². The van der Waals surface area contributed by atoms with E-state index >= 15 is 0 Å². The van der Waals surface area contributed by atoms with Crippen LogP contribution in [0.3, 0.4) is 0 Å². The Morgan fingerprint density at radius 3 is 2.31 bits per heavy atom. The minimum atomic E-state index is -5.05. The number of benzene rings is 2. The Bertz CT molecular complexity index is 934. The smallest absolute Gasteiger partial charge is 0.471 e. The summed E-state index contributed by atoms with van der Waals surface area (Å²) in [6, 6.07) is 7.61. The van der Waals surface area contributed by atoms with Crippen LogP contribution in [0.1, 0.15) is 11.1 Å². The number of nitrogens with one attached hydrogen (secondary N) is 1. The number of anilines is 1. The molecule has 0 aliphatic heterocycles. The van der Waals surface area contributed by atoms with Crippen molar-refractivity contribution < 1.29 is 47.2 Å². The van der Waals surface area contributed by atoms with E-state index in [2.05, 4.69) is 10.2 Å². The van der Waals surface area contributed by atoms with Gasteiger partial charge in [-0.3, -0.25) is 4.79 Å². The number of fused-ring (bicyclic) bond motifs is 1. The second-order valence-corrected chi connectivity index (χ2v) is 5.31. The minimum Gasteiger partial charge on any atom is -0.573 e. The molecule has 3 rings (SSSR count). The van der Waals surface area contributed by atoms with E-state index in [0.717, 1.165) is 18.2 Å². The number of amides is 1. The van der Waals surface area contributed by atoms with Crippen LogP contribution in [0.5, 0.6) is 0 Å². The summed E-state index contributed by atoms with van der Waals surface area (Å²) in [5, 5.41) is 9.06. The van der Waals surface area contributed by atoms with Crippen LogP contribution in [-0.4, -0.2) is 17.2 Å². The van der Waals surface area contributed by atoms with Gasteiger partial charge in [-0.15, -0.1) is 5.52 Å². The van der Waals surface area contributed by atoms with E-state index in [1.165, 1.54) is 12.1 Å². The standard InChI is InChI=1S/C16H10F5N3O.Pd/c17-10-4-9(5-11(18)7-10)3-8-1-2-13-12(6-8)14(24-23-13)22-15(25)16(19,20)21;/h1-2,4-7H,3H2,(H2,22,23,24,25);/p-1. The van der Waals surface area contributed by atoms with Crippen molar-refractivity contribution in [2.45, 2.75) is 12.6 Å². The first-order valence-electron chi connectivity index (χ1n) is 6.97. The summed E-state index contributed by atoms with van der Waals surface area (Å²) < 4.78 is 63.5. The summed E-state index contributed by atoms with van der Waals surface area (Å²) in [5.74, 6) is -3.95. The van der Waals surface area contributed by atoms with Crippen LogP contribution in [-0.2, 0) is 31.6 Å². The summed E-state index contributed by atoms with van der Waals surface area (Å²) in [6.07, 6.45) is -4.91. The van der Waals surface area contributed by atoms with Gasteiger partial charge in [0.05, 0.1) is 0 Å². The van der Waals surface area contributed by atoms with Crippen LogP contribution in [0.4, 0.5) is 27.8 Å². The molecule has 140 valence electrons. The number of carbonyl (C=O) groups excluding carboxylic acids is 1. The zero-order valence-electron chi connectivity index (χ0n) is 12.7. The molecule has 2 aromatic carbocycles. The number of nitrogens with zero attached hydrogens (tertiary/aromatic N) is 2. The molecule has 3 aromatic rings. The fourth-order valence-electron chi connectivity index (χ4n) is 2.35. The van der Waals surface area contributed by atoms with Crippen molar-refractivity contribution in [1.29, 1.82) is 0 Å². The van der Waals surface area contributed by atoms with Gasteiger partial charge in [-0.05, 0) is 35.7 Å². The summed E-state index contributed by atoms with van der Waals surface area (Å²) >= 11 is 0. The maximum Gasteiger partial charge on any atom is 0.471 e. The Morgan fingerprint density at radius 1 is 1.04 bits per heavy atom. The summed E-state index contributed by atoms with van der Waals surface area (Å²) in [6.45, 7) is 0. The predicted molar refractivity (Wildman–Crippen MR) is 78.9 cm³/mol. The first kappa shape index (κ1) is 20.0. The van der Waals surface area contributed by atoms with Gasteiger partial charge in [0, 0.05) is 31.9 Å². The molecule has 0 aliphatic rings. The third-order valence-electron chi connectivity index (χ3n) is 3.39. The van der Waals surface area contributed by atoms with Gasteiger partial charge in [0.2, 0.25) is 0 Å². The molecular weight excluding hydrogens is 452 g/mol. The van der Waals surface area contributed by atoms with E-state index in [9.17, 15) is 26.7 Å². The van der Waals surface area contributed by atoms with Gasteiger partial charge < -0.3 is 15.5 Å². The normalized spacial score (nSPS) is 11.3. The molecule has 0 spiro atoms. The predicted octanol–water partition coefficient (Wildman–Crippen LogP) is 3.56. The number of hydrogen-bond acceptors (Lipinski definition) is 2. The third-order valence-corrected chi connectivity index (χ3v) is 3.39. The second-order valence-electron chi connectivity index (χ2n) is 5.31. The van der Waals surface area contributed by atoms with Crippen LogP contribution in [0.2, 0.25) is 0 Å². The quantitative estimate of drug-likeness (QED) is 0.480. The average Bonchev–Trinajstić information content (AvgIpc) is 2.88. The first-order valence-corrected chi connectivity index (χ1v) is 6.97. The summed E-state index contributed by atoms with van der Waals surface area (Å²) in [5.41, 5.74) is 1.20. The van der Waals surface area contributed by atoms with Crippen LogP contribution < -0.4 is 10.4 Å². The zero-order valence-corrected chi connectivity index (χ0v) is 14.2. The van der Waals surface area contributed by atoms with Crippen molar-refractivity contribution >= 4 is 22.6 Å². The van der Waals surface area contributed by atoms with Gasteiger partial charge in [0.25, 0.3) is 0 Å². The number of carbonyl (C=O) groups is 1. The fourth-order valence-corrected chi connectivity index (χ4v) is 2.35. The molecule has 1 aromatic heterocycles. The molecule has 0 saturated heterocycles. The maximum atomic E-state index is 13.2. The second kappa shape index (κ2) is 7.52. The van der Waals surface area contributed by atoms with Crippen LogP contribution >= 0.6 is 0 Å². The van der Waals surface area contributed by atoms with Crippen LogP contribution in [0, 0.1) is 11.6 Å². The Balaban J connectivity index is 0.00000243. The molecule has 0 radical (unpaired) electrons. The SMILES string of the molecule is O=C(Nc1n[n-]c2ccc(Cc3cc(F)cc(F)c3)cc12)C(F)(F)F.[Pd]. The average molecular weight is 461 g/mol. The molecule has 1 amide bonds. The Labute approximate surface area is 157 Å². The molecule has 1 N–H and O–H groups in total. The number of hydrogen-bond donors (Lipinski definition) is 1. The topological polar surface area (TPSA) is 56.1 Å². The van der Waals surface area contributed by atoms with Gasteiger partial charge in [-0.25, -0.2) is 8.78 Å².